The summed E-state index contributed by atoms with van der Waals surface area (Å²) in [7, 11) is 0. The lowest BCUT2D eigenvalue weighted by Crippen LogP contribution is -1.96. The van der Waals surface area contributed by atoms with Crippen LogP contribution in [0, 0.1) is 6.92 Å². The molecule has 4 heteroatoms. The lowest BCUT2D eigenvalue weighted by molar-refractivity contribution is 0.479. The van der Waals surface area contributed by atoms with E-state index in [9.17, 15) is 0 Å². The molecule has 0 aliphatic rings. The van der Waals surface area contributed by atoms with Crippen molar-refractivity contribution in [3.8, 4) is 11.5 Å². The molecular formula is C14H13BrClNO. The molecule has 0 aliphatic heterocycles. The molecule has 0 spiro atoms. The van der Waals surface area contributed by atoms with E-state index in [0.29, 0.717) is 17.3 Å². The van der Waals surface area contributed by atoms with Crippen LogP contribution in [0.4, 0.5) is 0 Å². The van der Waals surface area contributed by atoms with E-state index < -0.39 is 0 Å². The Morgan fingerprint density at radius 2 is 1.89 bits per heavy atom. The van der Waals surface area contributed by atoms with Crippen molar-refractivity contribution >= 4 is 27.5 Å². The standard InChI is InChI=1S/C14H13BrClNO/c1-9-6-11(15)3-5-13(9)18-14-4-2-10(8-17)7-12(14)16/h2-7H,8,17H2,1H3. The topological polar surface area (TPSA) is 35.2 Å². The summed E-state index contributed by atoms with van der Waals surface area (Å²) in [6, 6.07) is 11.4. The highest BCUT2D eigenvalue weighted by atomic mass is 79.9. The molecule has 2 rings (SSSR count). The van der Waals surface area contributed by atoms with Gasteiger partial charge in [-0.15, -0.1) is 0 Å². The Morgan fingerprint density at radius 1 is 1.17 bits per heavy atom. The van der Waals surface area contributed by atoms with Crippen LogP contribution in [-0.2, 0) is 6.54 Å². The Hall–Kier alpha value is -1.03. The van der Waals surface area contributed by atoms with Crippen LogP contribution in [0.5, 0.6) is 11.5 Å². The van der Waals surface area contributed by atoms with Crippen LogP contribution in [0.15, 0.2) is 40.9 Å². The van der Waals surface area contributed by atoms with Crippen LogP contribution in [-0.4, -0.2) is 0 Å². The van der Waals surface area contributed by atoms with E-state index in [4.69, 9.17) is 22.1 Å². The summed E-state index contributed by atoms with van der Waals surface area (Å²) in [6.07, 6.45) is 0. The van der Waals surface area contributed by atoms with Crippen molar-refractivity contribution < 1.29 is 4.74 Å². The number of ether oxygens (including phenoxy) is 1. The Morgan fingerprint density at radius 3 is 2.50 bits per heavy atom. The van der Waals surface area contributed by atoms with E-state index in [1.807, 2.05) is 43.3 Å². The Balaban J connectivity index is 2.28. The third-order valence-electron chi connectivity index (χ3n) is 2.59. The molecule has 0 atom stereocenters. The molecule has 0 saturated heterocycles. The predicted molar refractivity (Wildman–Crippen MR) is 78.3 cm³/mol. The lowest BCUT2D eigenvalue weighted by atomic mass is 10.2. The maximum Gasteiger partial charge on any atom is 0.146 e. The van der Waals surface area contributed by atoms with Gasteiger partial charge in [-0.3, -0.25) is 0 Å². The number of halogens is 2. The van der Waals surface area contributed by atoms with Gasteiger partial charge in [0.15, 0.2) is 0 Å². The van der Waals surface area contributed by atoms with Gasteiger partial charge in [0.2, 0.25) is 0 Å². The van der Waals surface area contributed by atoms with E-state index in [0.717, 1.165) is 21.3 Å². The molecule has 0 heterocycles. The van der Waals surface area contributed by atoms with Crippen molar-refractivity contribution in [1.29, 1.82) is 0 Å². The highest BCUT2D eigenvalue weighted by Crippen LogP contribution is 2.32. The molecule has 94 valence electrons. The van der Waals surface area contributed by atoms with Gasteiger partial charge in [-0.1, -0.05) is 33.6 Å². The SMILES string of the molecule is Cc1cc(Br)ccc1Oc1ccc(CN)cc1Cl. The molecule has 0 fully saturated rings. The van der Waals surface area contributed by atoms with Gasteiger partial charge < -0.3 is 10.5 Å². The molecule has 2 aromatic rings. The number of hydrogen-bond donors (Lipinski definition) is 1. The first-order chi connectivity index (χ1) is 8.60. The number of nitrogens with two attached hydrogens (primary N) is 1. The molecule has 0 radical (unpaired) electrons. The first kappa shape index (κ1) is 13.4. The van der Waals surface area contributed by atoms with Crippen molar-refractivity contribution in [3.63, 3.8) is 0 Å². The van der Waals surface area contributed by atoms with Crippen LogP contribution in [0.25, 0.3) is 0 Å². The number of rotatable bonds is 3. The second-order valence-electron chi connectivity index (χ2n) is 3.98. The second kappa shape index (κ2) is 5.74. The summed E-state index contributed by atoms with van der Waals surface area (Å²) in [6.45, 7) is 2.46. The lowest BCUT2D eigenvalue weighted by Gasteiger charge is -2.11. The minimum Gasteiger partial charge on any atom is -0.456 e. The van der Waals surface area contributed by atoms with Crippen LogP contribution < -0.4 is 10.5 Å². The minimum atomic E-state index is 0.470. The van der Waals surface area contributed by atoms with Crippen LogP contribution in [0.2, 0.25) is 5.02 Å². The monoisotopic (exact) mass is 325 g/mol. The van der Waals surface area contributed by atoms with Crippen LogP contribution >= 0.6 is 27.5 Å². The summed E-state index contributed by atoms with van der Waals surface area (Å²) in [5.74, 6) is 1.43. The molecule has 2 nitrogen and oxygen atoms in total. The number of hydrogen-bond acceptors (Lipinski definition) is 2. The third kappa shape index (κ3) is 3.05. The summed E-state index contributed by atoms with van der Waals surface area (Å²) in [5, 5.41) is 0.570. The first-order valence-corrected chi connectivity index (χ1v) is 6.70. The quantitative estimate of drug-likeness (QED) is 0.890. The molecule has 0 unspecified atom stereocenters. The summed E-state index contributed by atoms with van der Waals surface area (Å²) >= 11 is 9.57. The average molecular weight is 327 g/mol. The third-order valence-corrected chi connectivity index (χ3v) is 3.38. The molecule has 0 aliphatic carbocycles. The normalized spacial score (nSPS) is 10.4. The van der Waals surface area contributed by atoms with Crippen molar-refractivity contribution in [1.82, 2.24) is 0 Å². The molecule has 0 amide bonds. The van der Waals surface area contributed by atoms with Crippen molar-refractivity contribution in [2.24, 2.45) is 5.73 Å². The molecule has 0 saturated carbocycles. The minimum absolute atomic E-state index is 0.470. The molecular weight excluding hydrogens is 314 g/mol. The number of aryl methyl sites for hydroxylation is 1. The molecule has 0 aromatic heterocycles. The maximum atomic E-state index is 6.15. The highest BCUT2D eigenvalue weighted by Gasteiger charge is 2.06. The summed E-state index contributed by atoms with van der Waals surface area (Å²) in [4.78, 5) is 0. The van der Waals surface area contributed by atoms with E-state index >= 15 is 0 Å². The molecule has 0 bridgehead atoms. The van der Waals surface area contributed by atoms with Gasteiger partial charge in [-0.2, -0.15) is 0 Å². The molecule has 18 heavy (non-hydrogen) atoms. The van der Waals surface area contributed by atoms with Crippen molar-refractivity contribution in [2.45, 2.75) is 13.5 Å². The molecule has 2 aromatic carbocycles. The smallest absolute Gasteiger partial charge is 0.146 e. The van der Waals surface area contributed by atoms with Crippen LogP contribution in [0.1, 0.15) is 11.1 Å². The Labute approximate surface area is 120 Å². The fourth-order valence-electron chi connectivity index (χ4n) is 1.60. The van der Waals surface area contributed by atoms with Gasteiger partial charge in [-0.25, -0.2) is 0 Å². The predicted octanol–water partition coefficient (Wildman–Crippen LogP) is 4.66. The zero-order chi connectivity index (χ0) is 13.1. The fourth-order valence-corrected chi connectivity index (χ4v) is 2.32. The van der Waals surface area contributed by atoms with Gasteiger partial charge >= 0.3 is 0 Å². The van der Waals surface area contributed by atoms with Gasteiger partial charge in [0.05, 0.1) is 5.02 Å². The fraction of sp³-hybridized carbons (Fsp3) is 0.143. The first-order valence-electron chi connectivity index (χ1n) is 5.52. The van der Waals surface area contributed by atoms with E-state index in [1.54, 1.807) is 0 Å². The zero-order valence-electron chi connectivity index (χ0n) is 9.91. The maximum absolute atomic E-state index is 6.15. The molecule has 2 N–H and O–H groups in total. The Kier molecular flexibility index (Phi) is 4.27. The second-order valence-corrected chi connectivity index (χ2v) is 5.30. The summed E-state index contributed by atoms with van der Waals surface area (Å²) < 4.78 is 6.83. The zero-order valence-corrected chi connectivity index (χ0v) is 12.3. The largest absolute Gasteiger partial charge is 0.456 e. The summed E-state index contributed by atoms with van der Waals surface area (Å²) in [5.41, 5.74) is 7.59. The van der Waals surface area contributed by atoms with Crippen molar-refractivity contribution in [3.05, 3.63) is 57.0 Å². The number of benzene rings is 2. The average Bonchev–Trinajstić information content (AvgIpc) is 2.34. The Bertz CT molecular complexity index is 572. The highest BCUT2D eigenvalue weighted by molar-refractivity contribution is 9.10. The van der Waals surface area contributed by atoms with E-state index in [2.05, 4.69) is 15.9 Å². The van der Waals surface area contributed by atoms with E-state index in [-0.39, 0.29) is 0 Å². The van der Waals surface area contributed by atoms with Crippen molar-refractivity contribution in [2.75, 3.05) is 0 Å². The van der Waals surface area contributed by atoms with Gasteiger partial charge in [0.25, 0.3) is 0 Å². The van der Waals surface area contributed by atoms with Gasteiger partial charge in [0.1, 0.15) is 11.5 Å². The van der Waals surface area contributed by atoms with E-state index in [1.165, 1.54) is 0 Å². The van der Waals surface area contributed by atoms with Crippen LogP contribution in [0.3, 0.4) is 0 Å². The van der Waals surface area contributed by atoms with Gasteiger partial charge in [-0.05, 0) is 48.4 Å². The van der Waals surface area contributed by atoms with Gasteiger partial charge in [0, 0.05) is 11.0 Å².